The van der Waals surface area contributed by atoms with E-state index in [1.807, 2.05) is 12.1 Å². The predicted octanol–water partition coefficient (Wildman–Crippen LogP) is 1.75. The maximum absolute atomic E-state index is 8.56. The summed E-state index contributed by atoms with van der Waals surface area (Å²) in [5.41, 5.74) is 6.16. The van der Waals surface area contributed by atoms with E-state index in [2.05, 4.69) is 31.0 Å². The Morgan fingerprint density at radius 2 is 2.00 bits per heavy atom. The molecule has 5 nitrogen and oxygen atoms in total. The van der Waals surface area contributed by atoms with E-state index in [9.17, 15) is 0 Å². The normalized spacial score (nSPS) is 12.2. The number of hydrogen-bond acceptors (Lipinski definition) is 4. The third-order valence-electron chi connectivity index (χ3n) is 2.68. The molecule has 0 bridgehead atoms. The third-order valence-corrected chi connectivity index (χ3v) is 2.68. The summed E-state index contributed by atoms with van der Waals surface area (Å²) < 4.78 is 5.64. The molecule has 5 heteroatoms. The molecule has 0 amide bonds. The first-order valence-corrected chi connectivity index (χ1v) is 6.42. The molecule has 106 valence electrons. The van der Waals surface area contributed by atoms with Gasteiger partial charge in [0.1, 0.15) is 12.4 Å². The lowest BCUT2D eigenvalue weighted by molar-refractivity contribution is 0.223. The Balaban J connectivity index is 2.38. The van der Waals surface area contributed by atoms with E-state index in [-0.39, 0.29) is 5.84 Å². The van der Waals surface area contributed by atoms with E-state index in [0.717, 1.165) is 18.8 Å². The standard InChI is InChI=1S/C14H23N3O2/c1-11(2)10-17(3)8-9-19-13-6-4-12(5-7-13)14(15)16-18/h4-7,11,18H,8-10H2,1-3H3,(H2,15,16). The highest BCUT2D eigenvalue weighted by Crippen LogP contribution is 2.12. The van der Waals surface area contributed by atoms with Gasteiger partial charge in [0.05, 0.1) is 0 Å². The molecule has 0 saturated carbocycles. The van der Waals surface area contributed by atoms with E-state index in [4.69, 9.17) is 15.7 Å². The zero-order valence-electron chi connectivity index (χ0n) is 11.8. The van der Waals surface area contributed by atoms with Gasteiger partial charge < -0.3 is 20.6 Å². The fraction of sp³-hybridized carbons (Fsp3) is 0.500. The topological polar surface area (TPSA) is 71.1 Å². The number of likely N-dealkylation sites (N-methyl/N-ethyl adjacent to an activating group) is 1. The molecule has 1 aromatic rings. The average molecular weight is 265 g/mol. The number of nitrogens with two attached hydrogens (primary N) is 1. The molecule has 19 heavy (non-hydrogen) atoms. The Labute approximate surface area is 114 Å². The van der Waals surface area contributed by atoms with Crippen LogP contribution in [0.25, 0.3) is 0 Å². The van der Waals surface area contributed by atoms with Gasteiger partial charge in [-0.2, -0.15) is 0 Å². The molecule has 1 rings (SSSR count). The highest BCUT2D eigenvalue weighted by Gasteiger charge is 2.03. The number of ether oxygens (including phenoxy) is 1. The van der Waals surface area contributed by atoms with Crippen LogP contribution in [-0.4, -0.2) is 42.7 Å². The molecular formula is C14H23N3O2. The minimum atomic E-state index is 0.100. The van der Waals surface area contributed by atoms with Crippen molar-refractivity contribution in [3.8, 4) is 5.75 Å². The van der Waals surface area contributed by atoms with Crippen molar-refractivity contribution < 1.29 is 9.94 Å². The molecule has 1 aromatic carbocycles. The molecule has 0 aliphatic carbocycles. The van der Waals surface area contributed by atoms with E-state index < -0.39 is 0 Å². The number of oxime groups is 1. The van der Waals surface area contributed by atoms with Crippen molar-refractivity contribution in [2.24, 2.45) is 16.8 Å². The van der Waals surface area contributed by atoms with Crippen molar-refractivity contribution >= 4 is 5.84 Å². The molecule has 0 heterocycles. The molecule has 0 aromatic heterocycles. The Morgan fingerprint density at radius 3 is 2.53 bits per heavy atom. The average Bonchev–Trinajstić information content (AvgIpc) is 2.37. The smallest absolute Gasteiger partial charge is 0.170 e. The number of benzene rings is 1. The maximum Gasteiger partial charge on any atom is 0.170 e. The second-order valence-electron chi connectivity index (χ2n) is 5.01. The summed E-state index contributed by atoms with van der Waals surface area (Å²) in [6, 6.07) is 7.16. The van der Waals surface area contributed by atoms with Gasteiger partial charge in [-0.25, -0.2) is 0 Å². The Morgan fingerprint density at radius 1 is 1.37 bits per heavy atom. The van der Waals surface area contributed by atoms with Crippen LogP contribution >= 0.6 is 0 Å². The summed E-state index contributed by atoms with van der Waals surface area (Å²) in [5.74, 6) is 1.54. The van der Waals surface area contributed by atoms with Crippen LogP contribution in [0.15, 0.2) is 29.4 Å². The van der Waals surface area contributed by atoms with Crippen molar-refractivity contribution in [2.75, 3.05) is 26.7 Å². The van der Waals surface area contributed by atoms with Crippen LogP contribution in [0.1, 0.15) is 19.4 Å². The van der Waals surface area contributed by atoms with Crippen LogP contribution in [-0.2, 0) is 0 Å². The minimum absolute atomic E-state index is 0.100. The summed E-state index contributed by atoms with van der Waals surface area (Å²) >= 11 is 0. The van der Waals surface area contributed by atoms with E-state index in [0.29, 0.717) is 18.1 Å². The van der Waals surface area contributed by atoms with E-state index in [1.54, 1.807) is 12.1 Å². The van der Waals surface area contributed by atoms with Gasteiger partial charge in [-0.1, -0.05) is 19.0 Å². The lowest BCUT2D eigenvalue weighted by Gasteiger charge is -2.18. The summed E-state index contributed by atoms with van der Waals surface area (Å²) in [7, 11) is 2.09. The summed E-state index contributed by atoms with van der Waals surface area (Å²) in [6.07, 6.45) is 0. The lowest BCUT2D eigenvalue weighted by Crippen LogP contribution is -2.27. The van der Waals surface area contributed by atoms with Crippen LogP contribution in [0.5, 0.6) is 5.75 Å². The van der Waals surface area contributed by atoms with Crippen molar-refractivity contribution in [3.05, 3.63) is 29.8 Å². The Hall–Kier alpha value is -1.75. The first kappa shape index (κ1) is 15.3. The molecule has 0 fully saturated rings. The molecule has 0 spiro atoms. The monoisotopic (exact) mass is 265 g/mol. The van der Waals surface area contributed by atoms with Gasteiger partial charge in [0.25, 0.3) is 0 Å². The van der Waals surface area contributed by atoms with Crippen molar-refractivity contribution in [2.45, 2.75) is 13.8 Å². The molecule has 0 unspecified atom stereocenters. The van der Waals surface area contributed by atoms with Gasteiger partial charge in [0.2, 0.25) is 0 Å². The number of hydrogen-bond donors (Lipinski definition) is 2. The van der Waals surface area contributed by atoms with Gasteiger partial charge in [0, 0.05) is 18.7 Å². The molecule has 0 aliphatic rings. The van der Waals surface area contributed by atoms with Crippen LogP contribution in [0.2, 0.25) is 0 Å². The predicted molar refractivity (Wildman–Crippen MR) is 76.8 cm³/mol. The first-order valence-electron chi connectivity index (χ1n) is 6.42. The zero-order chi connectivity index (χ0) is 14.3. The number of nitrogens with zero attached hydrogens (tertiary/aromatic N) is 2. The first-order chi connectivity index (χ1) is 9.02. The van der Waals surface area contributed by atoms with Gasteiger partial charge in [-0.3, -0.25) is 0 Å². The van der Waals surface area contributed by atoms with Crippen LogP contribution in [0, 0.1) is 5.92 Å². The molecule has 0 atom stereocenters. The molecule has 0 saturated heterocycles. The van der Waals surface area contributed by atoms with Crippen LogP contribution < -0.4 is 10.5 Å². The highest BCUT2D eigenvalue weighted by atomic mass is 16.5. The lowest BCUT2D eigenvalue weighted by atomic mass is 10.2. The van der Waals surface area contributed by atoms with Gasteiger partial charge in [-0.15, -0.1) is 0 Å². The van der Waals surface area contributed by atoms with Gasteiger partial charge in [-0.05, 0) is 37.2 Å². The fourth-order valence-electron chi connectivity index (χ4n) is 1.81. The molecule has 0 radical (unpaired) electrons. The molecule has 0 aliphatic heterocycles. The molecular weight excluding hydrogens is 242 g/mol. The third kappa shape index (κ3) is 5.61. The fourth-order valence-corrected chi connectivity index (χ4v) is 1.81. The summed E-state index contributed by atoms with van der Waals surface area (Å²) in [4.78, 5) is 2.25. The zero-order valence-corrected chi connectivity index (χ0v) is 11.8. The Bertz CT molecular complexity index is 402. The summed E-state index contributed by atoms with van der Waals surface area (Å²) in [5, 5.41) is 11.5. The second-order valence-corrected chi connectivity index (χ2v) is 5.01. The van der Waals surface area contributed by atoms with Gasteiger partial charge in [0.15, 0.2) is 5.84 Å². The van der Waals surface area contributed by atoms with Crippen LogP contribution in [0.4, 0.5) is 0 Å². The van der Waals surface area contributed by atoms with Gasteiger partial charge >= 0.3 is 0 Å². The highest BCUT2D eigenvalue weighted by molar-refractivity contribution is 5.97. The Kier molecular flexibility index (Phi) is 6.15. The van der Waals surface area contributed by atoms with Crippen molar-refractivity contribution in [3.63, 3.8) is 0 Å². The number of amidine groups is 1. The number of rotatable bonds is 7. The van der Waals surface area contributed by atoms with Crippen molar-refractivity contribution in [1.29, 1.82) is 0 Å². The SMILES string of the molecule is CC(C)CN(C)CCOc1ccc(/C(N)=N/O)cc1. The molecule has 3 N–H and O–H groups in total. The minimum Gasteiger partial charge on any atom is -0.492 e. The summed E-state index contributed by atoms with van der Waals surface area (Å²) in [6.45, 7) is 6.99. The van der Waals surface area contributed by atoms with Crippen molar-refractivity contribution in [1.82, 2.24) is 4.90 Å². The largest absolute Gasteiger partial charge is 0.492 e. The maximum atomic E-state index is 8.56. The van der Waals surface area contributed by atoms with E-state index >= 15 is 0 Å². The second kappa shape index (κ2) is 7.63. The van der Waals surface area contributed by atoms with E-state index in [1.165, 1.54) is 0 Å². The van der Waals surface area contributed by atoms with Crippen LogP contribution in [0.3, 0.4) is 0 Å². The quantitative estimate of drug-likeness (QED) is 0.341.